The Morgan fingerprint density at radius 2 is 2.00 bits per heavy atom. The van der Waals surface area contributed by atoms with Gasteiger partial charge < -0.3 is 14.3 Å². The van der Waals surface area contributed by atoms with Gasteiger partial charge in [-0.05, 0) is 12.1 Å². The first kappa shape index (κ1) is 16.9. The summed E-state index contributed by atoms with van der Waals surface area (Å²) in [4.78, 5) is 36.6. The highest BCUT2D eigenvalue weighted by Gasteiger charge is 2.21. The summed E-state index contributed by atoms with van der Waals surface area (Å²) >= 11 is 0. The highest BCUT2D eigenvalue weighted by molar-refractivity contribution is 6.09. The van der Waals surface area contributed by atoms with E-state index >= 15 is 0 Å². The van der Waals surface area contributed by atoms with Gasteiger partial charge in [-0.15, -0.1) is 0 Å². The fourth-order valence-corrected chi connectivity index (χ4v) is 2.28. The molecule has 1 heterocycles. The van der Waals surface area contributed by atoms with Gasteiger partial charge in [0.25, 0.3) is 0 Å². The molecule has 0 saturated heterocycles. The number of rotatable bonds is 6. The molecule has 0 radical (unpaired) electrons. The number of hydrogen-bond acceptors (Lipinski definition) is 6. The molecule has 1 N–H and O–H groups in total. The number of ketones is 2. The van der Waals surface area contributed by atoms with Crippen molar-refractivity contribution in [2.75, 3.05) is 13.7 Å². The first-order valence-electron chi connectivity index (χ1n) is 7.23. The molecule has 0 aliphatic rings. The first-order valence-corrected chi connectivity index (χ1v) is 7.23. The van der Waals surface area contributed by atoms with Crippen molar-refractivity contribution in [1.82, 2.24) is 0 Å². The quantitative estimate of drug-likeness (QED) is 0.821. The van der Waals surface area contributed by atoms with Crippen molar-refractivity contribution >= 4 is 22.5 Å². The number of aliphatic hydroxyl groups is 1. The van der Waals surface area contributed by atoms with Crippen molar-refractivity contribution in [3.8, 4) is 5.75 Å². The van der Waals surface area contributed by atoms with Gasteiger partial charge in [-0.1, -0.05) is 13.8 Å². The van der Waals surface area contributed by atoms with E-state index in [4.69, 9.17) is 14.3 Å². The number of methoxy groups -OCH3 is 1. The van der Waals surface area contributed by atoms with Crippen molar-refractivity contribution in [3.63, 3.8) is 0 Å². The fraction of sp³-hybridized carbons (Fsp3) is 0.353. The maximum Gasteiger partial charge on any atom is 0.200 e. The average molecular weight is 318 g/mol. The van der Waals surface area contributed by atoms with Gasteiger partial charge in [0.05, 0.1) is 19.1 Å². The molecule has 0 unspecified atom stereocenters. The van der Waals surface area contributed by atoms with E-state index < -0.39 is 11.2 Å². The van der Waals surface area contributed by atoms with Gasteiger partial charge in [0, 0.05) is 24.0 Å². The zero-order valence-corrected chi connectivity index (χ0v) is 13.2. The lowest BCUT2D eigenvalue weighted by atomic mass is 9.97. The summed E-state index contributed by atoms with van der Waals surface area (Å²) in [5.41, 5.74) is -0.186. The van der Waals surface area contributed by atoms with E-state index in [9.17, 15) is 14.4 Å². The molecule has 6 nitrogen and oxygen atoms in total. The van der Waals surface area contributed by atoms with E-state index in [-0.39, 0.29) is 52.8 Å². The topological polar surface area (TPSA) is 93.8 Å². The Hall–Kier alpha value is -2.47. The van der Waals surface area contributed by atoms with Crippen LogP contribution in [0.4, 0.5) is 0 Å². The predicted octanol–water partition coefficient (Wildman–Crippen LogP) is 2.21. The number of carbonyl (C=O) groups excluding carboxylic acids is 2. The molecule has 0 bridgehead atoms. The van der Waals surface area contributed by atoms with Crippen LogP contribution in [0, 0.1) is 5.92 Å². The van der Waals surface area contributed by atoms with Crippen molar-refractivity contribution in [2.45, 2.75) is 20.3 Å². The van der Waals surface area contributed by atoms with Crippen LogP contribution in [0.15, 0.2) is 27.4 Å². The maximum absolute atomic E-state index is 12.4. The Balaban J connectivity index is 2.79. The summed E-state index contributed by atoms with van der Waals surface area (Å²) < 4.78 is 10.7. The molecule has 23 heavy (non-hydrogen) atoms. The minimum Gasteiger partial charge on any atom is -0.493 e. The number of ether oxygens (including phenoxy) is 1. The van der Waals surface area contributed by atoms with Gasteiger partial charge in [-0.2, -0.15) is 0 Å². The largest absolute Gasteiger partial charge is 0.493 e. The van der Waals surface area contributed by atoms with Gasteiger partial charge in [0.15, 0.2) is 34.1 Å². The smallest absolute Gasteiger partial charge is 0.200 e. The standard InChI is InChI=1S/C17H18O6/c1-9(2)16(21)10-4-5-13(22-3)17-15(10)12(20)8-14(23-17)11(19)6-7-18/h4-5,8-9,18H,6-7H2,1-3H3. The molecule has 0 aliphatic carbocycles. The molecule has 0 spiro atoms. The molecule has 2 aromatic rings. The SMILES string of the molecule is COc1ccc(C(=O)C(C)C)c2c(=O)cc(C(=O)CCO)oc12. The van der Waals surface area contributed by atoms with E-state index in [1.807, 2.05) is 0 Å². The van der Waals surface area contributed by atoms with Crippen LogP contribution in [0.5, 0.6) is 5.75 Å². The lowest BCUT2D eigenvalue weighted by Crippen LogP contribution is -2.15. The van der Waals surface area contributed by atoms with Crippen LogP contribution < -0.4 is 10.2 Å². The number of fused-ring (bicyclic) bond motifs is 1. The molecule has 1 aromatic heterocycles. The second kappa shape index (κ2) is 6.75. The van der Waals surface area contributed by atoms with Crippen LogP contribution in [0.25, 0.3) is 11.0 Å². The van der Waals surface area contributed by atoms with E-state index in [0.717, 1.165) is 6.07 Å². The minimum atomic E-state index is -0.492. The molecule has 0 amide bonds. The monoisotopic (exact) mass is 318 g/mol. The Kier molecular flexibility index (Phi) is 4.95. The second-order valence-corrected chi connectivity index (χ2v) is 5.41. The van der Waals surface area contributed by atoms with Gasteiger partial charge in [0.1, 0.15) is 0 Å². The molecule has 0 saturated carbocycles. The summed E-state index contributed by atoms with van der Waals surface area (Å²) in [5, 5.41) is 8.95. The molecule has 0 fully saturated rings. The number of Topliss-reactive ketones (excluding diaryl/α,β-unsaturated/α-hetero) is 2. The van der Waals surface area contributed by atoms with E-state index in [0.29, 0.717) is 0 Å². The Morgan fingerprint density at radius 1 is 1.30 bits per heavy atom. The van der Waals surface area contributed by atoms with E-state index in [2.05, 4.69) is 0 Å². The van der Waals surface area contributed by atoms with Crippen molar-refractivity contribution in [3.05, 3.63) is 39.7 Å². The minimum absolute atomic E-state index is 0.0628. The number of carbonyl (C=O) groups is 2. The van der Waals surface area contributed by atoms with Gasteiger partial charge in [-0.3, -0.25) is 14.4 Å². The van der Waals surface area contributed by atoms with Gasteiger partial charge in [0.2, 0.25) is 0 Å². The van der Waals surface area contributed by atoms with Crippen molar-refractivity contribution in [2.24, 2.45) is 5.92 Å². The zero-order chi connectivity index (χ0) is 17.1. The molecule has 122 valence electrons. The van der Waals surface area contributed by atoms with E-state index in [1.165, 1.54) is 19.2 Å². The molecule has 6 heteroatoms. The van der Waals surface area contributed by atoms with Crippen LogP contribution >= 0.6 is 0 Å². The fourth-order valence-electron chi connectivity index (χ4n) is 2.28. The number of aliphatic hydroxyl groups excluding tert-OH is 1. The summed E-state index contributed by atoms with van der Waals surface area (Å²) in [6, 6.07) is 4.10. The molecule has 1 aromatic carbocycles. The van der Waals surface area contributed by atoms with Gasteiger partial charge >= 0.3 is 0 Å². The Labute approximate surface area is 132 Å². The summed E-state index contributed by atoms with van der Waals surface area (Å²) in [6.07, 6.45) is -0.151. The summed E-state index contributed by atoms with van der Waals surface area (Å²) in [6.45, 7) is 3.13. The molecule has 2 rings (SSSR count). The third kappa shape index (κ3) is 3.17. The predicted molar refractivity (Wildman–Crippen MR) is 84.2 cm³/mol. The van der Waals surface area contributed by atoms with Crippen LogP contribution in [0.3, 0.4) is 0 Å². The highest BCUT2D eigenvalue weighted by atomic mass is 16.5. The van der Waals surface area contributed by atoms with Crippen molar-refractivity contribution in [1.29, 1.82) is 0 Å². The Bertz CT molecular complexity index is 816. The molecular weight excluding hydrogens is 300 g/mol. The highest BCUT2D eigenvalue weighted by Crippen LogP contribution is 2.28. The van der Waals surface area contributed by atoms with Crippen LogP contribution in [-0.4, -0.2) is 30.4 Å². The summed E-state index contributed by atoms with van der Waals surface area (Å²) in [7, 11) is 1.40. The summed E-state index contributed by atoms with van der Waals surface area (Å²) in [5.74, 6) is -0.879. The lowest BCUT2D eigenvalue weighted by Gasteiger charge is -2.11. The maximum atomic E-state index is 12.4. The average Bonchev–Trinajstić information content (AvgIpc) is 2.53. The lowest BCUT2D eigenvalue weighted by molar-refractivity contribution is 0.0927. The molecule has 0 atom stereocenters. The van der Waals surface area contributed by atoms with Crippen molar-refractivity contribution < 1.29 is 23.8 Å². The van der Waals surface area contributed by atoms with Gasteiger partial charge in [-0.25, -0.2) is 0 Å². The third-order valence-electron chi connectivity index (χ3n) is 3.47. The Morgan fingerprint density at radius 3 is 2.57 bits per heavy atom. The zero-order valence-electron chi connectivity index (χ0n) is 13.2. The normalized spacial score (nSPS) is 11.0. The molecule has 0 aliphatic heterocycles. The van der Waals surface area contributed by atoms with Crippen LogP contribution in [0.2, 0.25) is 0 Å². The van der Waals surface area contributed by atoms with Crippen LogP contribution in [-0.2, 0) is 0 Å². The van der Waals surface area contributed by atoms with E-state index in [1.54, 1.807) is 13.8 Å². The first-order chi connectivity index (χ1) is 10.9. The van der Waals surface area contributed by atoms with Crippen LogP contribution in [0.1, 0.15) is 41.2 Å². The number of hydrogen-bond donors (Lipinski definition) is 1. The number of benzene rings is 1. The second-order valence-electron chi connectivity index (χ2n) is 5.41. The third-order valence-corrected chi connectivity index (χ3v) is 3.47. The molecular formula is C17H18O6.